The largest absolute Gasteiger partial charge is 0.378 e. The van der Waals surface area contributed by atoms with Gasteiger partial charge in [-0.2, -0.15) is 0 Å². The van der Waals surface area contributed by atoms with Gasteiger partial charge < -0.3 is 5.11 Å². The predicted octanol–water partition coefficient (Wildman–Crippen LogP) is 0.235. The van der Waals surface area contributed by atoms with Gasteiger partial charge in [-0.1, -0.05) is 0 Å². The van der Waals surface area contributed by atoms with Gasteiger partial charge in [0.25, 0.3) is 0 Å². The second-order valence-electron chi connectivity index (χ2n) is 2.16. The van der Waals surface area contributed by atoms with Crippen LogP contribution in [0.4, 0.5) is 0 Å². The van der Waals surface area contributed by atoms with Crippen molar-refractivity contribution in [3.63, 3.8) is 0 Å². The Bertz CT molecular complexity index is 74.9. The van der Waals surface area contributed by atoms with E-state index in [2.05, 4.69) is 6.92 Å². The van der Waals surface area contributed by atoms with Crippen molar-refractivity contribution in [2.75, 3.05) is 13.1 Å². The monoisotopic (exact) mass is 114 g/mol. The molecule has 0 aromatic rings. The van der Waals surface area contributed by atoms with E-state index in [-0.39, 0.29) is 6.23 Å². The molecule has 1 atom stereocenters. The van der Waals surface area contributed by atoms with Gasteiger partial charge in [-0.25, -0.2) is 0 Å². The zero-order chi connectivity index (χ0) is 5.98. The first kappa shape index (κ1) is 6.05. The molecule has 0 aromatic heterocycles. The molecule has 0 saturated carbocycles. The minimum absolute atomic E-state index is 0.201. The Morgan fingerprint density at radius 2 is 2.50 bits per heavy atom. The van der Waals surface area contributed by atoms with Crippen molar-refractivity contribution in [1.82, 2.24) is 4.90 Å². The van der Waals surface area contributed by atoms with Crippen LogP contribution < -0.4 is 0 Å². The van der Waals surface area contributed by atoms with Crippen LogP contribution in [0, 0.1) is 6.92 Å². The summed E-state index contributed by atoms with van der Waals surface area (Å²) in [5, 5.41) is 9.07. The van der Waals surface area contributed by atoms with Gasteiger partial charge in [0, 0.05) is 13.1 Å². The standard InChI is InChI=1S/C6H12NO/c1-2-7-5-3-4-6(7)8/h6,8H,1-5H2. The Labute approximate surface area is 50.1 Å². The van der Waals surface area contributed by atoms with E-state index in [0.29, 0.717) is 0 Å². The molecule has 0 aliphatic carbocycles. The van der Waals surface area contributed by atoms with Crippen LogP contribution in [-0.2, 0) is 0 Å². The van der Waals surface area contributed by atoms with Crippen molar-refractivity contribution in [1.29, 1.82) is 0 Å². The Morgan fingerprint density at radius 3 is 2.75 bits per heavy atom. The zero-order valence-corrected chi connectivity index (χ0v) is 5.01. The summed E-state index contributed by atoms with van der Waals surface area (Å²) in [6.07, 6.45) is 1.85. The number of aliphatic hydroxyl groups is 1. The lowest BCUT2D eigenvalue weighted by atomic mass is 10.4. The van der Waals surface area contributed by atoms with Gasteiger partial charge in [0.05, 0.1) is 0 Å². The SMILES string of the molecule is [CH2]CN1CCCC1O. The minimum atomic E-state index is -0.201. The summed E-state index contributed by atoms with van der Waals surface area (Å²) >= 11 is 0. The molecule has 2 heteroatoms. The van der Waals surface area contributed by atoms with Crippen LogP contribution >= 0.6 is 0 Å². The Hall–Kier alpha value is -0.0800. The maximum Gasteiger partial charge on any atom is 0.107 e. The van der Waals surface area contributed by atoms with E-state index in [9.17, 15) is 0 Å². The number of nitrogens with zero attached hydrogens (tertiary/aromatic N) is 1. The summed E-state index contributed by atoms with van der Waals surface area (Å²) in [5.74, 6) is 0. The second-order valence-corrected chi connectivity index (χ2v) is 2.16. The molecule has 47 valence electrons. The summed E-state index contributed by atoms with van der Waals surface area (Å²) in [6, 6.07) is 0. The van der Waals surface area contributed by atoms with Crippen LogP contribution in [0.5, 0.6) is 0 Å². The van der Waals surface area contributed by atoms with Gasteiger partial charge in [-0.3, -0.25) is 4.90 Å². The van der Waals surface area contributed by atoms with Gasteiger partial charge in [0.1, 0.15) is 6.23 Å². The molecule has 1 rings (SSSR count). The van der Waals surface area contributed by atoms with Crippen molar-refractivity contribution >= 4 is 0 Å². The molecule has 0 aromatic carbocycles. The fraction of sp³-hybridized carbons (Fsp3) is 0.833. The van der Waals surface area contributed by atoms with Crippen LogP contribution in [0.15, 0.2) is 0 Å². The quantitative estimate of drug-likeness (QED) is 0.527. The van der Waals surface area contributed by atoms with E-state index in [1.807, 2.05) is 4.90 Å². The van der Waals surface area contributed by atoms with E-state index in [1.165, 1.54) is 0 Å². The van der Waals surface area contributed by atoms with E-state index in [0.717, 1.165) is 25.9 Å². The number of hydrogen-bond acceptors (Lipinski definition) is 2. The van der Waals surface area contributed by atoms with Crippen LogP contribution in [0.1, 0.15) is 12.8 Å². The van der Waals surface area contributed by atoms with E-state index >= 15 is 0 Å². The lowest BCUT2D eigenvalue weighted by Crippen LogP contribution is -2.28. The van der Waals surface area contributed by atoms with Crippen molar-refractivity contribution in [2.24, 2.45) is 0 Å². The van der Waals surface area contributed by atoms with Gasteiger partial charge >= 0.3 is 0 Å². The maximum absolute atomic E-state index is 9.07. The molecule has 1 N–H and O–H groups in total. The number of aliphatic hydroxyl groups excluding tert-OH is 1. The molecular weight excluding hydrogens is 102 g/mol. The molecular formula is C6H12NO. The summed E-state index contributed by atoms with van der Waals surface area (Å²) < 4.78 is 0. The molecule has 1 saturated heterocycles. The van der Waals surface area contributed by atoms with Gasteiger partial charge in [0.15, 0.2) is 0 Å². The Morgan fingerprint density at radius 1 is 1.75 bits per heavy atom. The van der Waals surface area contributed by atoms with E-state index < -0.39 is 0 Å². The molecule has 0 amide bonds. The highest BCUT2D eigenvalue weighted by atomic mass is 16.3. The zero-order valence-electron chi connectivity index (χ0n) is 5.01. The van der Waals surface area contributed by atoms with E-state index in [1.54, 1.807) is 0 Å². The number of rotatable bonds is 1. The van der Waals surface area contributed by atoms with Crippen molar-refractivity contribution in [3.05, 3.63) is 6.92 Å². The minimum Gasteiger partial charge on any atom is -0.378 e. The normalized spacial score (nSPS) is 31.5. The van der Waals surface area contributed by atoms with Crippen LogP contribution in [0.3, 0.4) is 0 Å². The lowest BCUT2D eigenvalue weighted by molar-refractivity contribution is 0.0463. The third-order valence-electron chi connectivity index (χ3n) is 1.62. The van der Waals surface area contributed by atoms with Gasteiger partial charge in [-0.15, -0.1) is 0 Å². The summed E-state index contributed by atoms with van der Waals surface area (Å²) in [6.45, 7) is 5.44. The molecule has 8 heavy (non-hydrogen) atoms. The fourth-order valence-electron chi connectivity index (χ4n) is 1.07. The molecule has 0 bridgehead atoms. The van der Waals surface area contributed by atoms with Gasteiger partial charge in [0.2, 0.25) is 0 Å². The average Bonchev–Trinajstić information content (AvgIpc) is 2.14. The highest BCUT2D eigenvalue weighted by molar-refractivity contribution is 4.70. The Kier molecular flexibility index (Phi) is 1.86. The topological polar surface area (TPSA) is 23.5 Å². The van der Waals surface area contributed by atoms with Crippen LogP contribution in [0.25, 0.3) is 0 Å². The number of likely N-dealkylation sites (tertiary alicyclic amines) is 1. The molecule has 0 spiro atoms. The predicted molar refractivity (Wildman–Crippen MR) is 32.2 cm³/mol. The highest BCUT2D eigenvalue weighted by Gasteiger charge is 2.18. The third kappa shape index (κ3) is 1.01. The molecule has 1 aliphatic rings. The molecule has 2 nitrogen and oxygen atoms in total. The van der Waals surface area contributed by atoms with E-state index in [4.69, 9.17) is 5.11 Å². The van der Waals surface area contributed by atoms with Crippen LogP contribution in [0.2, 0.25) is 0 Å². The van der Waals surface area contributed by atoms with Crippen LogP contribution in [-0.4, -0.2) is 29.3 Å². The second kappa shape index (κ2) is 2.46. The fourth-order valence-corrected chi connectivity index (χ4v) is 1.07. The average molecular weight is 114 g/mol. The van der Waals surface area contributed by atoms with Crippen molar-refractivity contribution in [2.45, 2.75) is 19.1 Å². The first-order valence-corrected chi connectivity index (χ1v) is 3.06. The highest BCUT2D eigenvalue weighted by Crippen LogP contribution is 2.12. The van der Waals surface area contributed by atoms with Gasteiger partial charge in [-0.05, 0) is 19.8 Å². The number of hydrogen-bond donors (Lipinski definition) is 1. The Balaban J connectivity index is 2.30. The summed E-state index contributed by atoms with van der Waals surface area (Å²) in [4.78, 5) is 1.97. The van der Waals surface area contributed by atoms with Crippen molar-refractivity contribution < 1.29 is 5.11 Å². The summed E-state index contributed by atoms with van der Waals surface area (Å²) in [5.41, 5.74) is 0. The molecule has 1 fully saturated rings. The lowest BCUT2D eigenvalue weighted by Gasteiger charge is -2.15. The maximum atomic E-state index is 9.07. The molecule has 1 heterocycles. The van der Waals surface area contributed by atoms with Crippen molar-refractivity contribution in [3.8, 4) is 0 Å². The first-order valence-electron chi connectivity index (χ1n) is 3.06. The summed E-state index contributed by atoms with van der Waals surface area (Å²) in [7, 11) is 0. The third-order valence-corrected chi connectivity index (χ3v) is 1.62. The molecule has 1 aliphatic heterocycles. The smallest absolute Gasteiger partial charge is 0.107 e. The first-order chi connectivity index (χ1) is 3.84. The molecule has 1 unspecified atom stereocenters. The molecule has 1 radical (unpaired) electrons.